The van der Waals surface area contributed by atoms with Crippen molar-refractivity contribution in [2.75, 3.05) is 6.61 Å². The number of aromatic nitrogens is 1. The summed E-state index contributed by atoms with van der Waals surface area (Å²) in [5.74, 6) is -0.179. The second-order valence-electron chi connectivity index (χ2n) is 4.59. The van der Waals surface area contributed by atoms with Crippen molar-refractivity contribution in [1.82, 2.24) is 4.98 Å². The van der Waals surface area contributed by atoms with Crippen LogP contribution < -0.4 is 4.74 Å². The van der Waals surface area contributed by atoms with Gasteiger partial charge >= 0.3 is 5.97 Å². The molecule has 4 nitrogen and oxygen atoms in total. The van der Waals surface area contributed by atoms with Crippen LogP contribution in [0.1, 0.15) is 27.9 Å². The molecule has 1 aromatic heterocycles. The minimum absolute atomic E-state index is 0.284. The zero-order valence-electron chi connectivity index (χ0n) is 11.4. The Kier molecular flexibility index (Phi) is 4.71. The van der Waals surface area contributed by atoms with E-state index >= 15 is 0 Å². The Hall–Kier alpha value is -2.36. The third-order valence-electron chi connectivity index (χ3n) is 3.04. The van der Waals surface area contributed by atoms with Crippen molar-refractivity contribution in [3.63, 3.8) is 0 Å². The lowest BCUT2D eigenvalue weighted by Crippen LogP contribution is -2.02. The first-order valence-electron chi connectivity index (χ1n) is 6.52. The second-order valence-corrected chi connectivity index (χ2v) is 4.59. The number of hydrogen-bond donors (Lipinski definition) is 1. The molecule has 20 heavy (non-hydrogen) atoms. The van der Waals surface area contributed by atoms with Gasteiger partial charge in [0.15, 0.2) is 0 Å². The predicted molar refractivity (Wildman–Crippen MR) is 76.2 cm³/mol. The molecule has 0 fully saturated rings. The topological polar surface area (TPSA) is 59.4 Å². The Morgan fingerprint density at radius 1 is 1.25 bits per heavy atom. The van der Waals surface area contributed by atoms with Crippen molar-refractivity contribution in [2.45, 2.75) is 19.8 Å². The second kappa shape index (κ2) is 6.70. The molecule has 0 spiro atoms. The van der Waals surface area contributed by atoms with E-state index < -0.39 is 5.97 Å². The first-order valence-corrected chi connectivity index (χ1v) is 6.52. The van der Waals surface area contributed by atoms with Gasteiger partial charge in [-0.2, -0.15) is 0 Å². The number of hydrogen-bond acceptors (Lipinski definition) is 3. The van der Waals surface area contributed by atoms with Gasteiger partial charge in [-0.15, -0.1) is 0 Å². The zero-order chi connectivity index (χ0) is 14.4. The van der Waals surface area contributed by atoms with E-state index in [0.29, 0.717) is 6.61 Å². The van der Waals surface area contributed by atoms with Crippen LogP contribution in [0.25, 0.3) is 0 Å². The summed E-state index contributed by atoms with van der Waals surface area (Å²) < 4.78 is 5.68. The molecule has 0 aliphatic heterocycles. The molecule has 0 aliphatic carbocycles. The quantitative estimate of drug-likeness (QED) is 0.820. The largest absolute Gasteiger partial charge is 0.493 e. The number of benzene rings is 1. The van der Waals surface area contributed by atoms with Crippen LogP contribution in [0.3, 0.4) is 0 Å². The number of aromatic carboxylic acids is 1. The van der Waals surface area contributed by atoms with Crippen LogP contribution in [-0.2, 0) is 6.42 Å². The molecule has 0 unspecified atom stereocenters. The maximum absolute atomic E-state index is 10.8. The first kappa shape index (κ1) is 14.1. The van der Waals surface area contributed by atoms with Gasteiger partial charge < -0.3 is 9.84 Å². The summed E-state index contributed by atoms with van der Waals surface area (Å²) in [4.78, 5) is 14.8. The fraction of sp³-hybridized carbons (Fsp3) is 0.250. The Morgan fingerprint density at radius 3 is 2.65 bits per heavy atom. The standard InChI is InChI=1S/C16H17NO3/c1-12-11-14(16(18)19)4-5-15(12)20-10-2-3-13-6-8-17-9-7-13/h4-9,11H,2-3,10H2,1H3,(H,18,19). The van der Waals surface area contributed by atoms with E-state index in [2.05, 4.69) is 4.98 Å². The first-order chi connectivity index (χ1) is 9.66. The Labute approximate surface area is 118 Å². The molecule has 0 aliphatic rings. The number of aryl methyl sites for hydroxylation is 2. The fourth-order valence-electron chi connectivity index (χ4n) is 1.95. The van der Waals surface area contributed by atoms with E-state index in [1.165, 1.54) is 5.56 Å². The number of carboxylic acid groups (broad SMARTS) is 1. The summed E-state index contributed by atoms with van der Waals surface area (Å²) >= 11 is 0. The summed E-state index contributed by atoms with van der Waals surface area (Å²) in [5, 5.41) is 8.89. The van der Waals surface area contributed by atoms with E-state index in [0.717, 1.165) is 24.2 Å². The number of ether oxygens (including phenoxy) is 1. The molecule has 2 rings (SSSR count). The molecule has 104 valence electrons. The van der Waals surface area contributed by atoms with Crippen LogP contribution in [0.2, 0.25) is 0 Å². The summed E-state index contributed by atoms with van der Waals surface area (Å²) in [6.07, 6.45) is 5.41. The monoisotopic (exact) mass is 271 g/mol. The van der Waals surface area contributed by atoms with Crippen LogP contribution in [0.4, 0.5) is 0 Å². The molecule has 0 saturated carbocycles. The Bertz CT molecular complexity index is 582. The van der Waals surface area contributed by atoms with Crippen LogP contribution in [-0.4, -0.2) is 22.7 Å². The molecule has 2 aromatic rings. The highest BCUT2D eigenvalue weighted by Gasteiger charge is 2.06. The van der Waals surface area contributed by atoms with Crippen LogP contribution in [0.15, 0.2) is 42.7 Å². The zero-order valence-corrected chi connectivity index (χ0v) is 11.4. The fourth-order valence-corrected chi connectivity index (χ4v) is 1.95. The molecule has 4 heteroatoms. The number of rotatable bonds is 6. The van der Waals surface area contributed by atoms with Crippen molar-refractivity contribution in [2.24, 2.45) is 0 Å². The molecular weight excluding hydrogens is 254 g/mol. The minimum Gasteiger partial charge on any atom is -0.493 e. The van der Waals surface area contributed by atoms with E-state index in [4.69, 9.17) is 9.84 Å². The van der Waals surface area contributed by atoms with Gasteiger partial charge in [-0.05, 0) is 61.2 Å². The highest BCUT2D eigenvalue weighted by Crippen LogP contribution is 2.19. The van der Waals surface area contributed by atoms with Gasteiger partial charge in [0.25, 0.3) is 0 Å². The molecule has 1 aromatic carbocycles. The van der Waals surface area contributed by atoms with E-state index in [1.807, 2.05) is 19.1 Å². The van der Waals surface area contributed by atoms with Crippen LogP contribution in [0, 0.1) is 6.92 Å². The summed E-state index contributed by atoms with van der Waals surface area (Å²) in [6, 6.07) is 8.89. The molecule has 0 saturated heterocycles. The minimum atomic E-state index is -0.919. The van der Waals surface area contributed by atoms with E-state index in [-0.39, 0.29) is 5.56 Å². The van der Waals surface area contributed by atoms with Crippen molar-refractivity contribution in [3.8, 4) is 5.75 Å². The average molecular weight is 271 g/mol. The van der Waals surface area contributed by atoms with Crippen molar-refractivity contribution < 1.29 is 14.6 Å². The van der Waals surface area contributed by atoms with E-state index in [1.54, 1.807) is 30.6 Å². The predicted octanol–water partition coefficient (Wildman–Crippen LogP) is 3.10. The molecule has 0 atom stereocenters. The van der Waals surface area contributed by atoms with Gasteiger partial charge in [-0.3, -0.25) is 4.98 Å². The number of carbonyl (C=O) groups is 1. The van der Waals surface area contributed by atoms with Gasteiger partial charge in [-0.25, -0.2) is 4.79 Å². The molecule has 0 bridgehead atoms. The van der Waals surface area contributed by atoms with Gasteiger partial charge in [0, 0.05) is 12.4 Å². The normalized spacial score (nSPS) is 10.2. The number of nitrogens with zero attached hydrogens (tertiary/aromatic N) is 1. The highest BCUT2D eigenvalue weighted by molar-refractivity contribution is 5.88. The smallest absolute Gasteiger partial charge is 0.335 e. The molecule has 0 radical (unpaired) electrons. The molecule has 1 N–H and O–H groups in total. The lowest BCUT2D eigenvalue weighted by Gasteiger charge is -2.09. The Balaban J connectivity index is 1.84. The average Bonchev–Trinajstić information content (AvgIpc) is 2.46. The van der Waals surface area contributed by atoms with Gasteiger partial charge in [0.2, 0.25) is 0 Å². The van der Waals surface area contributed by atoms with Crippen LogP contribution >= 0.6 is 0 Å². The molecule has 0 amide bonds. The third-order valence-corrected chi connectivity index (χ3v) is 3.04. The summed E-state index contributed by atoms with van der Waals surface area (Å²) in [5.41, 5.74) is 2.36. The molecular formula is C16H17NO3. The lowest BCUT2D eigenvalue weighted by molar-refractivity contribution is 0.0696. The van der Waals surface area contributed by atoms with Gasteiger partial charge in [-0.1, -0.05) is 0 Å². The highest BCUT2D eigenvalue weighted by atomic mass is 16.5. The summed E-state index contributed by atoms with van der Waals surface area (Å²) in [6.45, 7) is 2.46. The summed E-state index contributed by atoms with van der Waals surface area (Å²) in [7, 11) is 0. The number of pyridine rings is 1. The number of carboxylic acids is 1. The maximum atomic E-state index is 10.8. The maximum Gasteiger partial charge on any atom is 0.335 e. The third kappa shape index (κ3) is 3.82. The van der Waals surface area contributed by atoms with Crippen molar-refractivity contribution in [3.05, 3.63) is 59.4 Å². The van der Waals surface area contributed by atoms with Crippen molar-refractivity contribution >= 4 is 5.97 Å². The van der Waals surface area contributed by atoms with E-state index in [9.17, 15) is 4.79 Å². The van der Waals surface area contributed by atoms with Gasteiger partial charge in [0.1, 0.15) is 5.75 Å². The van der Waals surface area contributed by atoms with Crippen molar-refractivity contribution in [1.29, 1.82) is 0 Å². The lowest BCUT2D eigenvalue weighted by atomic mass is 10.1. The Morgan fingerprint density at radius 2 is 2.00 bits per heavy atom. The SMILES string of the molecule is Cc1cc(C(=O)O)ccc1OCCCc1ccncc1. The van der Waals surface area contributed by atoms with Crippen LogP contribution in [0.5, 0.6) is 5.75 Å². The molecule has 1 heterocycles. The van der Waals surface area contributed by atoms with Gasteiger partial charge in [0.05, 0.1) is 12.2 Å².